The number of nitrogens with one attached hydrogen (secondary N) is 1. The van der Waals surface area contributed by atoms with Crippen LogP contribution in [0.3, 0.4) is 0 Å². The van der Waals surface area contributed by atoms with Crippen LogP contribution in [0.25, 0.3) is 0 Å². The lowest BCUT2D eigenvalue weighted by atomic mass is 10.0. The van der Waals surface area contributed by atoms with Gasteiger partial charge in [-0.25, -0.2) is 4.39 Å². The Kier molecular flexibility index (Phi) is 6.56. The normalized spacial score (nSPS) is 12.0. The average Bonchev–Trinajstić information content (AvgIpc) is 2.55. The van der Waals surface area contributed by atoms with Crippen LogP contribution in [0.4, 0.5) is 4.39 Å². The highest BCUT2D eigenvalue weighted by molar-refractivity contribution is 6.30. The molecule has 122 valence electrons. The number of aryl methyl sites for hydroxylation is 1. The molecule has 0 aliphatic heterocycles. The SMILES string of the molecule is NC(CCCc1ccc(F)cc1)C(=O)NCc1ccc(Cl)cc1. The molecule has 0 spiro atoms. The predicted octanol–water partition coefficient (Wildman–Crippen LogP) is 3.45. The maximum atomic E-state index is 12.8. The summed E-state index contributed by atoms with van der Waals surface area (Å²) in [6.07, 6.45) is 2.14. The Morgan fingerprint density at radius 3 is 2.35 bits per heavy atom. The van der Waals surface area contributed by atoms with Crippen LogP contribution in [0.1, 0.15) is 24.0 Å². The Balaban J connectivity index is 1.70. The van der Waals surface area contributed by atoms with Crippen molar-refractivity contribution in [2.24, 2.45) is 5.73 Å². The van der Waals surface area contributed by atoms with Gasteiger partial charge in [0.15, 0.2) is 0 Å². The quantitative estimate of drug-likeness (QED) is 0.815. The lowest BCUT2D eigenvalue weighted by molar-refractivity contribution is -0.122. The third-order valence-corrected chi connectivity index (χ3v) is 3.86. The van der Waals surface area contributed by atoms with Gasteiger partial charge in [0.1, 0.15) is 5.82 Å². The van der Waals surface area contributed by atoms with Gasteiger partial charge in [0, 0.05) is 11.6 Å². The number of carbonyl (C=O) groups excluding carboxylic acids is 1. The van der Waals surface area contributed by atoms with E-state index in [0.717, 1.165) is 24.0 Å². The zero-order valence-corrected chi connectivity index (χ0v) is 13.5. The highest BCUT2D eigenvalue weighted by Gasteiger charge is 2.12. The molecule has 0 saturated carbocycles. The van der Waals surface area contributed by atoms with Crippen LogP contribution in [0.15, 0.2) is 48.5 Å². The van der Waals surface area contributed by atoms with Crippen molar-refractivity contribution in [3.63, 3.8) is 0 Å². The van der Waals surface area contributed by atoms with Crippen LogP contribution in [0, 0.1) is 5.82 Å². The van der Waals surface area contributed by atoms with E-state index in [2.05, 4.69) is 5.32 Å². The highest BCUT2D eigenvalue weighted by atomic mass is 35.5. The van der Waals surface area contributed by atoms with Crippen molar-refractivity contribution in [3.05, 3.63) is 70.5 Å². The van der Waals surface area contributed by atoms with Crippen LogP contribution in [0.5, 0.6) is 0 Å². The van der Waals surface area contributed by atoms with Gasteiger partial charge in [-0.2, -0.15) is 0 Å². The minimum Gasteiger partial charge on any atom is -0.351 e. The van der Waals surface area contributed by atoms with Crippen molar-refractivity contribution in [3.8, 4) is 0 Å². The van der Waals surface area contributed by atoms with Crippen LogP contribution < -0.4 is 11.1 Å². The zero-order chi connectivity index (χ0) is 16.7. The van der Waals surface area contributed by atoms with E-state index in [4.69, 9.17) is 17.3 Å². The maximum Gasteiger partial charge on any atom is 0.237 e. The number of benzene rings is 2. The van der Waals surface area contributed by atoms with Gasteiger partial charge in [0.25, 0.3) is 0 Å². The van der Waals surface area contributed by atoms with Gasteiger partial charge >= 0.3 is 0 Å². The Morgan fingerprint density at radius 2 is 1.70 bits per heavy atom. The van der Waals surface area contributed by atoms with E-state index in [0.29, 0.717) is 18.0 Å². The number of carbonyl (C=O) groups is 1. The van der Waals surface area contributed by atoms with E-state index in [1.54, 1.807) is 24.3 Å². The van der Waals surface area contributed by atoms with Crippen LogP contribution in [-0.2, 0) is 17.8 Å². The fourth-order valence-electron chi connectivity index (χ4n) is 2.23. The molecule has 1 atom stereocenters. The van der Waals surface area contributed by atoms with Gasteiger partial charge in [0.2, 0.25) is 5.91 Å². The molecule has 3 nitrogen and oxygen atoms in total. The first-order valence-electron chi connectivity index (χ1n) is 7.57. The summed E-state index contributed by atoms with van der Waals surface area (Å²) in [5.74, 6) is -0.411. The molecule has 1 unspecified atom stereocenters. The van der Waals surface area contributed by atoms with Gasteiger partial charge < -0.3 is 11.1 Å². The molecule has 0 aromatic heterocycles. The monoisotopic (exact) mass is 334 g/mol. The minimum atomic E-state index is -0.539. The molecule has 0 heterocycles. The molecule has 1 amide bonds. The molecule has 0 fully saturated rings. The summed E-state index contributed by atoms with van der Waals surface area (Å²) in [5, 5.41) is 3.48. The van der Waals surface area contributed by atoms with Gasteiger partial charge in [0.05, 0.1) is 6.04 Å². The van der Waals surface area contributed by atoms with Crippen LogP contribution in [0.2, 0.25) is 5.02 Å². The third kappa shape index (κ3) is 6.00. The summed E-state index contributed by atoms with van der Waals surface area (Å²) < 4.78 is 12.8. The first-order chi connectivity index (χ1) is 11.0. The van der Waals surface area contributed by atoms with Crippen molar-refractivity contribution in [2.75, 3.05) is 0 Å². The first kappa shape index (κ1) is 17.4. The molecular weight excluding hydrogens is 315 g/mol. The second kappa shape index (κ2) is 8.65. The fraction of sp³-hybridized carbons (Fsp3) is 0.278. The van der Waals surface area contributed by atoms with E-state index in [-0.39, 0.29) is 11.7 Å². The van der Waals surface area contributed by atoms with Crippen LogP contribution in [-0.4, -0.2) is 11.9 Å². The van der Waals surface area contributed by atoms with Crippen molar-refractivity contribution in [2.45, 2.75) is 31.8 Å². The Labute approximate surface area is 140 Å². The smallest absolute Gasteiger partial charge is 0.237 e. The van der Waals surface area contributed by atoms with E-state index in [9.17, 15) is 9.18 Å². The van der Waals surface area contributed by atoms with Crippen molar-refractivity contribution in [1.82, 2.24) is 5.32 Å². The topological polar surface area (TPSA) is 55.1 Å². The van der Waals surface area contributed by atoms with Gasteiger partial charge in [-0.3, -0.25) is 4.79 Å². The average molecular weight is 335 g/mol. The Bertz CT molecular complexity index is 628. The fourth-order valence-corrected chi connectivity index (χ4v) is 2.36. The number of nitrogens with two attached hydrogens (primary N) is 1. The number of rotatable bonds is 7. The molecule has 0 saturated heterocycles. The molecule has 2 rings (SSSR count). The Morgan fingerprint density at radius 1 is 1.09 bits per heavy atom. The number of hydrogen-bond donors (Lipinski definition) is 2. The molecule has 2 aromatic rings. The molecule has 0 radical (unpaired) electrons. The van der Waals surface area contributed by atoms with Gasteiger partial charge in [-0.15, -0.1) is 0 Å². The molecule has 0 aliphatic rings. The molecule has 0 bridgehead atoms. The summed E-state index contributed by atoms with van der Waals surface area (Å²) in [6, 6.07) is 13.1. The molecule has 2 aromatic carbocycles. The summed E-state index contributed by atoms with van der Waals surface area (Å²) in [4.78, 5) is 12.0. The number of hydrogen-bond acceptors (Lipinski definition) is 2. The van der Waals surface area contributed by atoms with Crippen molar-refractivity contribution >= 4 is 17.5 Å². The molecule has 5 heteroatoms. The van der Waals surface area contributed by atoms with Crippen molar-refractivity contribution in [1.29, 1.82) is 0 Å². The zero-order valence-electron chi connectivity index (χ0n) is 12.8. The molecule has 0 aliphatic carbocycles. The van der Waals surface area contributed by atoms with E-state index in [1.165, 1.54) is 12.1 Å². The highest BCUT2D eigenvalue weighted by Crippen LogP contribution is 2.10. The summed E-state index contributed by atoms with van der Waals surface area (Å²) in [7, 11) is 0. The lowest BCUT2D eigenvalue weighted by Crippen LogP contribution is -2.40. The first-order valence-corrected chi connectivity index (χ1v) is 7.94. The lowest BCUT2D eigenvalue weighted by Gasteiger charge is -2.12. The summed E-state index contributed by atoms with van der Waals surface area (Å²) in [5.41, 5.74) is 7.92. The summed E-state index contributed by atoms with van der Waals surface area (Å²) in [6.45, 7) is 0.432. The van der Waals surface area contributed by atoms with Gasteiger partial charge in [-0.05, 0) is 54.7 Å². The molecule has 23 heavy (non-hydrogen) atoms. The largest absolute Gasteiger partial charge is 0.351 e. The second-order valence-electron chi connectivity index (χ2n) is 5.47. The van der Waals surface area contributed by atoms with E-state index < -0.39 is 6.04 Å². The molecule has 3 N–H and O–H groups in total. The van der Waals surface area contributed by atoms with Crippen molar-refractivity contribution < 1.29 is 9.18 Å². The van der Waals surface area contributed by atoms with E-state index in [1.807, 2.05) is 12.1 Å². The van der Waals surface area contributed by atoms with Gasteiger partial charge in [-0.1, -0.05) is 35.9 Å². The van der Waals surface area contributed by atoms with E-state index >= 15 is 0 Å². The summed E-state index contributed by atoms with van der Waals surface area (Å²) >= 11 is 5.81. The number of amides is 1. The second-order valence-corrected chi connectivity index (χ2v) is 5.91. The maximum absolute atomic E-state index is 12.8. The standard InChI is InChI=1S/C18H20ClFN2O/c19-15-8-4-14(5-9-15)12-22-18(23)17(21)3-1-2-13-6-10-16(20)11-7-13/h4-11,17H,1-3,12,21H2,(H,22,23). The molecular formula is C18H20ClFN2O. The Hall–Kier alpha value is -1.91. The number of halogens is 2. The predicted molar refractivity (Wildman–Crippen MR) is 90.6 cm³/mol. The van der Waals surface area contributed by atoms with Crippen LogP contribution >= 0.6 is 11.6 Å². The minimum absolute atomic E-state index is 0.168. The third-order valence-electron chi connectivity index (χ3n) is 3.61.